The second-order valence-corrected chi connectivity index (χ2v) is 7.85. The van der Waals surface area contributed by atoms with Crippen LogP contribution in [0.5, 0.6) is 0 Å². The summed E-state index contributed by atoms with van der Waals surface area (Å²) in [6.45, 7) is 3.86. The number of nitrogens with one attached hydrogen (secondary N) is 2. The van der Waals surface area contributed by atoms with Crippen molar-refractivity contribution in [2.24, 2.45) is 11.8 Å². The molecular weight excluding hydrogens is 288 g/mol. The van der Waals surface area contributed by atoms with Gasteiger partial charge in [-0.25, -0.2) is 13.1 Å². The van der Waals surface area contributed by atoms with E-state index in [1.54, 1.807) is 6.07 Å². The van der Waals surface area contributed by atoms with Gasteiger partial charge in [-0.2, -0.15) is 0 Å². The Bertz CT molecular complexity index is 539. The van der Waals surface area contributed by atoms with E-state index in [1.165, 1.54) is 45.2 Å². The van der Waals surface area contributed by atoms with Crippen LogP contribution in [0.25, 0.3) is 0 Å². The molecule has 2 atom stereocenters. The summed E-state index contributed by atoms with van der Waals surface area (Å²) in [6, 6.07) is 3.20. The largest absolute Gasteiger partial charge is 0.447 e. The monoisotopic (exact) mass is 314 g/mol. The van der Waals surface area contributed by atoms with Crippen molar-refractivity contribution >= 4 is 10.0 Å². The van der Waals surface area contributed by atoms with Crippen molar-refractivity contribution in [2.75, 3.05) is 13.6 Å². The van der Waals surface area contributed by atoms with Gasteiger partial charge in [0.15, 0.2) is 0 Å². The fourth-order valence-electron chi connectivity index (χ4n) is 3.04. The second-order valence-electron chi connectivity index (χ2n) is 6.03. The van der Waals surface area contributed by atoms with Crippen LogP contribution in [0, 0.1) is 11.8 Å². The molecule has 2 unspecified atom stereocenters. The number of hydrogen-bond acceptors (Lipinski definition) is 4. The Kier molecular flexibility index (Phi) is 5.84. The van der Waals surface area contributed by atoms with Gasteiger partial charge in [-0.1, -0.05) is 26.2 Å². The molecule has 2 N–H and O–H groups in total. The maximum absolute atomic E-state index is 11.6. The smallest absolute Gasteiger partial charge is 0.273 e. The molecule has 1 saturated carbocycles. The van der Waals surface area contributed by atoms with Crippen LogP contribution in [-0.4, -0.2) is 22.0 Å². The highest BCUT2D eigenvalue weighted by molar-refractivity contribution is 7.89. The first-order valence-corrected chi connectivity index (χ1v) is 9.22. The molecule has 0 saturated heterocycles. The zero-order chi connectivity index (χ0) is 15.3. The van der Waals surface area contributed by atoms with E-state index in [0.717, 1.165) is 18.4 Å². The van der Waals surface area contributed by atoms with E-state index in [9.17, 15) is 8.42 Å². The third-order valence-corrected chi connectivity index (χ3v) is 5.53. The van der Waals surface area contributed by atoms with E-state index in [4.69, 9.17) is 4.42 Å². The molecule has 1 aromatic rings. The first kappa shape index (κ1) is 16.5. The molecule has 1 aliphatic carbocycles. The van der Waals surface area contributed by atoms with E-state index in [-0.39, 0.29) is 5.09 Å². The summed E-state index contributed by atoms with van der Waals surface area (Å²) >= 11 is 0. The van der Waals surface area contributed by atoms with Crippen LogP contribution in [0.4, 0.5) is 0 Å². The Balaban J connectivity index is 1.72. The van der Waals surface area contributed by atoms with Crippen molar-refractivity contribution in [2.45, 2.75) is 50.7 Å². The maximum atomic E-state index is 11.6. The topological polar surface area (TPSA) is 71.3 Å². The molecule has 1 heterocycles. The number of sulfonamides is 1. The molecule has 0 radical (unpaired) electrons. The Hall–Kier alpha value is -0.850. The lowest BCUT2D eigenvalue weighted by atomic mass is 9.81. The van der Waals surface area contributed by atoms with E-state index < -0.39 is 10.0 Å². The van der Waals surface area contributed by atoms with Crippen LogP contribution >= 0.6 is 0 Å². The highest BCUT2D eigenvalue weighted by Crippen LogP contribution is 2.30. The molecule has 21 heavy (non-hydrogen) atoms. The van der Waals surface area contributed by atoms with Crippen LogP contribution in [0.15, 0.2) is 21.6 Å². The third-order valence-electron chi connectivity index (χ3n) is 4.24. The van der Waals surface area contributed by atoms with Crippen LogP contribution in [0.3, 0.4) is 0 Å². The van der Waals surface area contributed by atoms with Crippen LogP contribution in [0.1, 0.15) is 44.8 Å². The second kappa shape index (κ2) is 7.42. The third kappa shape index (κ3) is 4.83. The van der Waals surface area contributed by atoms with Gasteiger partial charge in [-0.3, -0.25) is 0 Å². The minimum absolute atomic E-state index is 0.0251. The molecule has 6 heteroatoms. The summed E-state index contributed by atoms with van der Waals surface area (Å²) in [5, 5.41) is 3.31. The van der Waals surface area contributed by atoms with Crippen molar-refractivity contribution in [3.8, 4) is 0 Å². The van der Waals surface area contributed by atoms with E-state index in [2.05, 4.69) is 17.0 Å². The molecule has 1 aromatic heterocycles. The standard InChI is InChI=1S/C15H26N2O3S/c1-12-4-3-5-13(10-12)8-9-17-11-14-6-7-15(20-14)21(18,19)16-2/h6-7,12-13,16-17H,3-5,8-11H2,1-2H3. The fourth-order valence-corrected chi connectivity index (χ4v) is 3.70. The molecule has 0 bridgehead atoms. The van der Waals surface area contributed by atoms with Crippen LogP contribution < -0.4 is 10.0 Å². The highest BCUT2D eigenvalue weighted by Gasteiger charge is 2.18. The normalized spacial score (nSPS) is 23.3. The SMILES string of the molecule is CNS(=O)(=O)c1ccc(CNCCC2CCCC(C)C2)o1. The maximum Gasteiger partial charge on any atom is 0.273 e. The summed E-state index contributed by atoms with van der Waals surface area (Å²) in [5.41, 5.74) is 0. The average Bonchev–Trinajstić information content (AvgIpc) is 2.93. The molecule has 0 aromatic carbocycles. The first-order chi connectivity index (χ1) is 10.0. The van der Waals surface area contributed by atoms with Crippen molar-refractivity contribution < 1.29 is 12.8 Å². The number of furan rings is 1. The van der Waals surface area contributed by atoms with Crippen molar-refractivity contribution in [1.29, 1.82) is 0 Å². The molecule has 0 aliphatic heterocycles. The van der Waals surface area contributed by atoms with E-state index in [0.29, 0.717) is 12.3 Å². The average molecular weight is 314 g/mol. The lowest BCUT2D eigenvalue weighted by molar-refractivity contribution is 0.266. The van der Waals surface area contributed by atoms with Gasteiger partial charge < -0.3 is 9.73 Å². The summed E-state index contributed by atoms with van der Waals surface area (Å²) in [4.78, 5) is 0. The summed E-state index contributed by atoms with van der Waals surface area (Å²) < 4.78 is 30.7. The zero-order valence-electron chi connectivity index (χ0n) is 12.9. The van der Waals surface area contributed by atoms with Crippen LogP contribution in [0.2, 0.25) is 0 Å². The number of rotatable bonds is 7. The van der Waals surface area contributed by atoms with Crippen molar-refractivity contribution in [3.63, 3.8) is 0 Å². The van der Waals surface area contributed by atoms with E-state index >= 15 is 0 Å². The van der Waals surface area contributed by atoms with Crippen molar-refractivity contribution in [3.05, 3.63) is 17.9 Å². The summed E-state index contributed by atoms with van der Waals surface area (Å²) in [6.07, 6.45) is 6.60. The predicted octanol–water partition coefficient (Wildman–Crippen LogP) is 2.49. The molecule has 2 rings (SSSR count). The Morgan fingerprint density at radius 2 is 2.14 bits per heavy atom. The van der Waals surface area contributed by atoms with Crippen LogP contribution in [-0.2, 0) is 16.6 Å². The Morgan fingerprint density at radius 3 is 2.86 bits per heavy atom. The minimum Gasteiger partial charge on any atom is -0.447 e. The Morgan fingerprint density at radius 1 is 1.33 bits per heavy atom. The molecule has 0 spiro atoms. The Labute approximate surface area is 127 Å². The fraction of sp³-hybridized carbons (Fsp3) is 0.733. The molecule has 1 aliphatic rings. The summed E-state index contributed by atoms with van der Waals surface area (Å²) in [5.74, 6) is 2.35. The van der Waals surface area contributed by atoms with Gasteiger partial charge in [0.2, 0.25) is 5.09 Å². The predicted molar refractivity (Wildman–Crippen MR) is 82.4 cm³/mol. The molecule has 5 nitrogen and oxygen atoms in total. The first-order valence-electron chi connectivity index (χ1n) is 7.74. The molecular formula is C15H26N2O3S. The minimum atomic E-state index is -3.48. The van der Waals surface area contributed by atoms with Gasteiger partial charge >= 0.3 is 0 Å². The van der Waals surface area contributed by atoms with Gasteiger partial charge in [0.05, 0.1) is 6.54 Å². The highest BCUT2D eigenvalue weighted by atomic mass is 32.2. The van der Waals surface area contributed by atoms with Gasteiger partial charge in [0.1, 0.15) is 5.76 Å². The van der Waals surface area contributed by atoms with Gasteiger partial charge in [-0.05, 0) is 50.4 Å². The van der Waals surface area contributed by atoms with Gasteiger partial charge in [0.25, 0.3) is 10.0 Å². The molecule has 0 amide bonds. The zero-order valence-corrected chi connectivity index (χ0v) is 13.7. The lowest BCUT2D eigenvalue weighted by Crippen LogP contribution is -2.21. The quantitative estimate of drug-likeness (QED) is 0.759. The van der Waals surface area contributed by atoms with Crippen molar-refractivity contribution in [1.82, 2.24) is 10.0 Å². The van der Waals surface area contributed by atoms with Gasteiger partial charge in [-0.15, -0.1) is 0 Å². The lowest BCUT2D eigenvalue weighted by Gasteiger charge is -2.26. The molecule has 1 fully saturated rings. The van der Waals surface area contributed by atoms with Gasteiger partial charge in [0, 0.05) is 0 Å². The molecule has 120 valence electrons. The summed E-state index contributed by atoms with van der Waals surface area (Å²) in [7, 11) is -2.10. The number of hydrogen-bond donors (Lipinski definition) is 2. The van der Waals surface area contributed by atoms with E-state index in [1.807, 2.05) is 0 Å².